The summed E-state index contributed by atoms with van der Waals surface area (Å²) in [4.78, 5) is 11.1. The summed E-state index contributed by atoms with van der Waals surface area (Å²) in [5, 5.41) is 9.10. The molecule has 18 heavy (non-hydrogen) atoms. The smallest absolute Gasteiger partial charge is 0.306 e. The van der Waals surface area contributed by atoms with Crippen molar-refractivity contribution >= 4 is 5.97 Å². The predicted molar refractivity (Wildman–Crippen MR) is 72.6 cm³/mol. The molecule has 1 aliphatic rings. The van der Waals surface area contributed by atoms with Crippen LogP contribution < -0.4 is 0 Å². The van der Waals surface area contributed by atoms with Crippen LogP contribution in [-0.4, -0.2) is 23.8 Å². The minimum absolute atomic E-state index is 0.194. The molecule has 1 aliphatic heterocycles. The topological polar surface area (TPSA) is 49.8 Å². The Morgan fingerprint density at radius 3 is 2.39 bits per heavy atom. The van der Waals surface area contributed by atoms with Gasteiger partial charge < -0.3 is 9.84 Å². The zero-order chi connectivity index (χ0) is 13.6. The maximum absolute atomic E-state index is 11.1. The molecule has 0 aromatic heterocycles. The molecule has 3 nitrogen and oxygen atoms in total. The van der Waals surface area contributed by atoms with Crippen LogP contribution in [0, 0.1) is 11.3 Å². The molecule has 1 fully saturated rings. The Bertz CT molecular complexity index is 251. The van der Waals surface area contributed by atoms with Gasteiger partial charge in [-0.25, -0.2) is 0 Å². The highest BCUT2D eigenvalue weighted by molar-refractivity contribution is 5.69. The van der Waals surface area contributed by atoms with Crippen molar-refractivity contribution in [2.45, 2.75) is 71.8 Å². The maximum atomic E-state index is 11.1. The third kappa shape index (κ3) is 7.70. The number of ether oxygens (including phenoxy) is 1. The Labute approximate surface area is 111 Å². The SMILES string of the molecule is CC(C)(C)CCCCCCC(CC1CO1)C(=O)O. The van der Waals surface area contributed by atoms with Gasteiger partial charge in [-0.15, -0.1) is 0 Å². The second-order valence-electron chi connectivity index (χ2n) is 6.74. The molecule has 1 rings (SSSR count). The zero-order valence-electron chi connectivity index (χ0n) is 12.1. The van der Waals surface area contributed by atoms with Crippen molar-refractivity contribution in [1.29, 1.82) is 0 Å². The van der Waals surface area contributed by atoms with E-state index in [0.29, 0.717) is 11.8 Å². The molecule has 0 amide bonds. The average molecular weight is 256 g/mol. The van der Waals surface area contributed by atoms with Crippen molar-refractivity contribution < 1.29 is 14.6 Å². The van der Waals surface area contributed by atoms with Crippen LogP contribution in [0.5, 0.6) is 0 Å². The van der Waals surface area contributed by atoms with Crippen LogP contribution in [0.25, 0.3) is 0 Å². The van der Waals surface area contributed by atoms with Gasteiger partial charge in [-0.3, -0.25) is 4.79 Å². The van der Waals surface area contributed by atoms with E-state index in [1.807, 2.05) is 0 Å². The number of epoxide rings is 1. The summed E-state index contributed by atoms with van der Waals surface area (Å²) in [6.45, 7) is 7.56. The van der Waals surface area contributed by atoms with Gasteiger partial charge in [0.25, 0.3) is 0 Å². The van der Waals surface area contributed by atoms with E-state index >= 15 is 0 Å². The van der Waals surface area contributed by atoms with E-state index in [0.717, 1.165) is 25.9 Å². The Hall–Kier alpha value is -0.570. The van der Waals surface area contributed by atoms with Crippen LogP contribution in [0.2, 0.25) is 0 Å². The first-order valence-corrected chi connectivity index (χ1v) is 7.23. The summed E-state index contributed by atoms with van der Waals surface area (Å²) in [6, 6.07) is 0. The van der Waals surface area contributed by atoms with Crippen LogP contribution in [-0.2, 0) is 9.53 Å². The number of carboxylic acid groups (broad SMARTS) is 1. The molecule has 0 spiro atoms. The maximum Gasteiger partial charge on any atom is 0.306 e. The number of carboxylic acids is 1. The van der Waals surface area contributed by atoms with Crippen LogP contribution in [0.15, 0.2) is 0 Å². The standard InChI is InChI=1S/C15H28O3/c1-15(2,3)9-7-5-4-6-8-12(14(16)17)10-13-11-18-13/h12-13H,4-11H2,1-3H3,(H,16,17). The van der Waals surface area contributed by atoms with Gasteiger partial charge in [0.05, 0.1) is 18.6 Å². The first-order chi connectivity index (χ1) is 8.38. The number of hydrogen-bond donors (Lipinski definition) is 1. The first kappa shape index (κ1) is 15.5. The summed E-state index contributed by atoms with van der Waals surface area (Å²) in [7, 11) is 0. The Kier molecular flexibility index (Phi) is 6.13. The van der Waals surface area contributed by atoms with E-state index in [1.54, 1.807) is 0 Å². The lowest BCUT2D eigenvalue weighted by Crippen LogP contribution is -2.15. The molecule has 0 aromatic carbocycles. The van der Waals surface area contributed by atoms with Crippen LogP contribution in [0.1, 0.15) is 65.7 Å². The van der Waals surface area contributed by atoms with Crippen molar-refractivity contribution in [2.75, 3.05) is 6.61 Å². The molecule has 106 valence electrons. The lowest BCUT2D eigenvalue weighted by Gasteiger charge is -2.17. The molecule has 2 unspecified atom stereocenters. The third-order valence-electron chi connectivity index (χ3n) is 3.53. The molecule has 3 heteroatoms. The van der Waals surface area contributed by atoms with E-state index in [2.05, 4.69) is 20.8 Å². The number of carbonyl (C=O) groups is 1. The van der Waals surface area contributed by atoms with Gasteiger partial charge in [0.1, 0.15) is 0 Å². The highest BCUT2D eigenvalue weighted by Crippen LogP contribution is 2.25. The molecular weight excluding hydrogens is 228 g/mol. The lowest BCUT2D eigenvalue weighted by molar-refractivity contribution is -0.142. The van der Waals surface area contributed by atoms with Gasteiger partial charge in [-0.2, -0.15) is 0 Å². The second kappa shape index (κ2) is 7.13. The Morgan fingerprint density at radius 2 is 1.89 bits per heavy atom. The highest BCUT2D eigenvalue weighted by atomic mass is 16.6. The van der Waals surface area contributed by atoms with Crippen molar-refractivity contribution in [2.24, 2.45) is 11.3 Å². The predicted octanol–water partition coefficient (Wildman–Crippen LogP) is 3.86. The van der Waals surface area contributed by atoms with Crippen LogP contribution in [0.3, 0.4) is 0 Å². The van der Waals surface area contributed by atoms with Gasteiger partial charge in [-0.1, -0.05) is 46.5 Å². The van der Waals surface area contributed by atoms with E-state index in [4.69, 9.17) is 9.84 Å². The largest absolute Gasteiger partial charge is 0.481 e. The average Bonchev–Trinajstić information content (AvgIpc) is 3.03. The highest BCUT2D eigenvalue weighted by Gasteiger charge is 2.29. The normalized spacial score (nSPS) is 20.7. The summed E-state index contributed by atoms with van der Waals surface area (Å²) in [5.74, 6) is -0.847. The first-order valence-electron chi connectivity index (χ1n) is 7.23. The van der Waals surface area contributed by atoms with Gasteiger partial charge in [-0.05, 0) is 24.7 Å². The van der Waals surface area contributed by atoms with Crippen molar-refractivity contribution in [3.8, 4) is 0 Å². The zero-order valence-corrected chi connectivity index (χ0v) is 12.1. The number of unbranched alkanes of at least 4 members (excludes halogenated alkanes) is 3. The summed E-state index contributed by atoms with van der Waals surface area (Å²) < 4.78 is 5.11. The Balaban J connectivity index is 2.02. The van der Waals surface area contributed by atoms with E-state index < -0.39 is 5.97 Å². The van der Waals surface area contributed by atoms with Crippen molar-refractivity contribution in [1.82, 2.24) is 0 Å². The molecule has 1 saturated heterocycles. The Morgan fingerprint density at radius 1 is 1.28 bits per heavy atom. The molecule has 1 N–H and O–H groups in total. The van der Waals surface area contributed by atoms with Gasteiger partial charge in [0.15, 0.2) is 0 Å². The molecule has 2 atom stereocenters. The molecule has 1 heterocycles. The van der Waals surface area contributed by atoms with Crippen LogP contribution in [0.4, 0.5) is 0 Å². The monoisotopic (exact) mass is 256 g/mol. The summed E-state index contributed by atoms with van der Waals surface area (Å²) in [5.41, 5.74) is 0.424. The molecule has 0 radical (unpaired) electrons. The minimum atomic E-state index is -0.653. The van der Waals surface area contributed by atoms with Crippen molar-refractivity contribution in [3.05, 3.63) is 0 Å². The second-order valence-corrected chi connectivity index (χ2v) is 6.74. The third-order valence-corrected chi connectivity index (χ3v) is 3.53. The number of hydrogen-bond acceptors (Lipinski definition) is 2. The minimum Gasteiger partial charge on any atom is -0.481 e. The number of rotatable bonds is 9. The van der Waals surface area contributed by atoms with E-state index in [1.165, 1.54) is 19.3 Å². The molecular formula is C15H28O3. The van der Waals surface area contributed by atoms with E-state index in [9.17, 15) is 4.79 Å². The molecule has 0 saturated carbocycles. The molecule has 0 aliphatic carbocycles. The fourth-order valence-electron chi connectivity index (χ4n) is 2.26. The fourth-order valence-corrected chi connectivity index (χ4v) is 2.26. The summed E-state index contributed by atoms with van der Waals surface area (Å²) in [6.07, 6.45) is 7.68. The summed E-state index contributed by atoms with van der Waals surface area (Å²) >= 11 is 0. The quantitative estimate of drug-likeness (QED) is 0.503. The number of aliphatic carboxylic acids is 1. The van der Waals surface area contributed by atoms with Crippen molar-refractivity contribution in [3.63, 3.8) is 0 Å². The lowest BCUT2D eigenvalue weighted by atomic mass is 9.89. The molecule has 0 bridgehead atoms. The van der Waals surface area contributed by atoms with E-state index in [-0.39, 0.29) is 12.0 Å². The van der Waals surface area contributed by atoms with Gasteiger partial charge in [0.2, 0.25) is 0 Å². The molecule has 0 aromatic rings. The van der Waals surface area contributed by atoms with Gasteiger partial charge in [0, 0.05) is 0 Å². The van der Waals surface area contributed by atoms with Gasteiger partial charge >= 0.3 is 5.97 Å². The fraction of sp³-hybridized carbons (Fsp3) is 0.933. The van der Waals surface area contributed by atoms with Crippen LogP contribution >= 0.6 is 0 Å².